The van der Waals surface area contributed by atoms with Crippen LogP contribution in [0.5, 0.6) is 0 Å². The first-order chi connectivity index (χ1) is 15.4. The third-order valence-corrected chi connectivity index (χ3v) is 6.39. The molecule has 0 aliphatic carbocycles. The van der Waals surface area contributed by atoms with Gasteiger partial charge in [0.25, 0.3) is 0 Å². The van der Waals surface area contributed by atoms with Crippen molar-refractivity contribution in [2.45, 2.75) is 25.4 Å². The molecule has 3 aromatic rings. The van der Waals surface area contributed by atoms with E-state index in [0.717, 1.165) is 21.2 Å². The zero-order valence-electron chi connectivity index (χ0n) is 17.5. The Morgan fingerprint density at radius 3 is 2.19 bits per heavy atom. The van der Waals surface area contributed by atoms with Crippen molar-refractivity contribution in [3.05, 3.63) is 104 Å². The van der Waals surface area contributed by atoms with Gasteiger partial charge in [-0.3, -0.25) is 9.59 Å². The molecule has 0 fully saturated rings. The van der Waals surface area contributed by atoms with E-state index >= 15 is 0 Å². The number of rotatable bonds is 8. The van der Waals surface area contributed by atoms with Crippen LogP contribution in [0.15, 0.2) is 77.3 Å². The molecule has 1 atom stereocenters. The normalized spacial score (nSPS) is 11.6. The largest absolute Gasteiger partial charge is 0.357 e. The van der Waals surface area contributed by atoms with E-state index in [2.05, 4.69) is 21.2 Å². The van der Waals surface area contributed by atoms with Crippen LogP contribution in [0.1, 0.15) is 16.7 Å². The Labute approximate surface area is 206 Å². The summed E-state index contributed by atoms with van der Waals surface area (Å²) in [6.07, 6.45) is 0.514. The summed E-state index contributed by atoms with van der Waals surface area (Å²) in [5, 5.41) is 3.54. The molecule has 0 radical (unpaired) electrons. The number of nitrogens with zero attached hydrogens (tertiary/aromatic N) is 1. The smallest absolute Gasteiger partial charge is 0.242 e. The van der Waals surface area contributed by atoms with Gasteiger partial charge in [0, 0.05) is 24.5 Å². The molecule has 4 nitrogen and oxygen atoms in total. The van der Waals surface area contributed by atoms with Gasteiger partial charge in [0.05, 0.1) is 16.5 Å². The average Bonchev–Trinajstić information content (AvgIpc) is 2.80. The quantitative estimate of drug-likeness (QED) is 0.404. The van der Waals surface area contributed by atoms with Crippen LogP contribution in [0.2, 0.25) is 10.0 Å². The number of nitrogens with one attached hydrogen (secondary N) is 1. The molecule has 0 heterocycles. The van der Waals surface area contributed by atoms with Crippen LogP contribution < -0.4 is 5.32 Å². The average molecular weight is 534 g/mol. The minimum absolute atomic E-state index is 0.107. The molecular weight excluding hydrogens is 511 g/mol. The van der Waals surface area contributed by atoms with Gasteiger partial charge in [-0.1, -0.05) is 87.7 Å². The Morgan fingerprint density at radius 1 is 0.906 bits per heavy atom. The predicted octanol–water partition coefficient (Wildman–Crippen LogP) is 5.68. The monoisotopic (exact) mass is 532 g/mol. The molecule has 0 saturated carbocycles. The minimum atomic E-state index is -0.665. The third-order valence-electron chi connectivity index (χ3n) is 5.12. The highest BCUT2D eigenvalue weighted by Gasteiger charge is 2.29. The van der Waals surface area contributed by atoms with E-state index in [1.165, 1.54) is 0 Å². The first-order valence-electron chi connectivity index (χ1n) is 10.1. The molecule has 0 saturated heterocycles. The van der Waals surface area contributed by atoms with Gasteiger partial charge in [-0.25, -0.2) is 0 Å². The van der Waals surface area contributed by atoms with Crippen LogP contribution in [0.25, 0.3) is 0 Å². The van der Waals surface area contributed by atoms with E-state index in [9.17, 15) is 9.59 Å². The highest BCUT2D eigenvalue weighted by Crippen LogP contribution is 2.24. The standard InChI is InChI=1S/C25H23BrCl2N2O2/c1-29-25(32)23(14-17-5-3-2-4-6-17)30(16-18-7-10-20(26)11-8-18)24(31)15-19-9-12-21(27)22(28)13-19/h2-13,23H,14-16H2,1H3,(H,29,32)/t23-/m0/s1. The SMILES string of the molecule is CNC(=O)[C@H](Cc1ccccc1)N(Cc1ccc(Br)cc1)C(=O)Cc1ccc(Cl)c(Cl)c1. The van der Waals surface area contributed by atoms with Crippen molar-refractivity contribution in [3.63, 3.8) is 0 Å². The molecular formula is C25H23BrCl2N2O2. The van der Waals surface area contributed by atoms with E-state index in [0.29, 0.717) is 23.0 Å². The Hall–Kier alpha value is -2.34. The van der Waals surface area contributed by atoms with Crippen molar-refractivity contribution in [2.75, 3.05) is 7.05 Å². The Morgan fingerprint density at radius 2 is 1.56 bits per heavy atom. The second-order valence-electron chi connectivity index (χ2n) is 7.39. The lowest BCUT2D eigenvalue weighted by molar-refractivity contribution is -0.140. The molecule has 2 amide bonds. The van der Waals surface area contributed by atoms with Gasteiger partial charge >= 0.3 is 0 Å². The molecule has 0 spiro atoms. The fraction of sp³-hybridized carbons (Fsp3) is 0.200. The number of carbonyl (C=O) groups is 2. The van der Waals surface area contributed by atoms with E-state index < -0.39 is 6.04 Å². The van der Waals surface area contributed by atoms with E-state index in [-0.39, 0.29) is 18.2 Å². The van der Waals surface area contributed by atoms with Crippen molar-refractivity contribution in [1.82, 2.24) is 10.2 Å². The summed E-state index contributed by atoms with van der Waals surface area (Å²) in [4.78, 5) is 28.0. The lowest BCUT2D eigenvalue weighted by atomic mass is 10.0. The first kappa shape index (κ1) is 24.3. The summed E-state index contributed by atoms with van der Waals surface area (Å²) in [5.74, 6) is -0.385. The zero-order chi connectivity index (χ0) is 23.1. The van der Waals surface area contributed by atoms with Gasteiger partial charge < -0.3 is 10.2 Å². The second-order valence-corrected chi connectivity index (χ2v) is 9.12. The number of halogens is 3. The van der Waals surface area contributed by atoms with E-state index in [1.807, 2.05) is 54.6 Å². The minimum Gasteiger partial charge on any atom is -0.357 e. The molecule has 0 aromatic heterocycles. The lowest BCUT2D eigenvalue weighted by Gasteiger charge is -2.31. The summed E-state index contributed by atoms with van der Waals surface area (Å²) < 4.78 is 0.946. The van der Waals surface area contributed by atoms with Crippen LogP contribution in [0.3, 0.4) is 0 Å². The zero-order valence-corrected chi connectivity index (χ0v) is 20.6. The van der Waals surface area contributed by atoms with Crippen molar-refractivity contribution in [2.24, 2.45) is 0 Å². The fourth-order valence-electron chi connectivity index (χ4n) is 3.43. The second kappa shape index (κ2) is 11.5. The van der Waals surface area contributed by atoms with E-state index in [4.69, 9.17) is 23.2 Å². The van der Waals surface area contributed by atoms with Crippen molar-refractivity contribution in [3.8, 4) is 0 Å². The molecule has 0 aliphatic rings. The molecule has 3 rings (SSSR count). The topological polar surface area (TPSA) is 49.4 Å². The van der Waals surface area contributed by atoms with Crippen molar-refractivity contribution in [1.29, 1.82) is 0 Å². The number of carbonyl (C=O) groups excluding carboxylic acids is 2. The van der Waals surface area contributed by atoms with Crippen LogP contribution >= 0.6 is 39.1 Å². The lowest BCUT2D eigenvalue weighted by Crippen LogP contribution is -2.50. The number of benzene rings is 3. The van der Waals surface area contributed by atoms with Crippen LogP contribution in [0.4, 0.5) is 0 Å². The maximum atomic E-state index is 13.5. The highest BCUT2D eigenvalue weighted by atomic mass is 79.9. The maximum absolute atomic E-state index is 13.5. The van der Waals surface area contributed by atoms with Crippen LogP contribution in [-0.2, 0) is 29.0 Å². The van der Waals surface area contributed by atoms with Gasteiger partial charge in [-0.2, -0.15) is 0 Å². The van der Waals surface area contributed by atoms with Gasteiger partial charge in [0.15, 0.2) is 0 Å². The summed E-state index contributed by atoms with van der Waals surface area (Å²) in [6.45, 7) is 0.304. The van der Waals surface area contributed by atoms with Gasteiger partial charge in [-0.15, -0.1) is 0 Å². The Balaban J connectivity index is 1.93. The van der Waals surface area contributed by atoms with Gasteiger partial charge in [0.2, 0.25) is 11.8 Å². The number of hydrogen-bond donors (Lipinski definition) is 1. The van der Waals surface area contributed by atoms with Crippen LogP contribution in [0, 0.1) is 0 Å². The predicted molar refractivity (Wildman–Crippen MR) is 133 cm³/mol. The highest BCUT2D eigenvalue weighted by molar-refractivity contribution is 9.10. The molecule has 0 unspecified atom stereocenters. The first-order valence-corrected chi connectivity index (χ1v) is 11.7. The van der Waals surface area contributed by atoms with E-state index in [1.54, 1.807) is 30.1 Å². The number of likely N-dealkylation sites (N-methyl/N-ethyl adjacent to an activating group) is 1. The molecule has 0 bridgehead atoms. The Bertz CT molecular complexity index is 1080. The van der Waals surface area contributed by atoms with Gasteiger partial charge in [0.1, 0.15) is 6.04 Å². The maximum Gasteiger partial charge on any atom is 0.242 e. The number of amides is 2. The Kier molecular flexibility index (Phi) is 8.74. The molecule has 32 heavy (non-hydrogen) atoms. The van der Waals surface area contributed by atoms with Crippen LogP contribution in [-0.4, -0.2) is 29.8 Å². The molecule has 7 heteroatoms. The summed E-state index contributed by atoms with van der Waals surface area (Å²) in [6, 6.07) is 21.9. The summed E-state index contributed by atoms with van der Waals surface area (Å²) in [5.41, 5.74) is 2.64. The molecule has 3 aromatic carbocycles. The van der Waals surface area contributed by atoms with Crippen molar-refractivity contribution >= 4 is 50.9 Å². The summed E-state index contributed by atoms with van der Waals surface area (Å²) in [7, 11) is 1.58. The molecule has 1 N–H and O–H groups in total. The van der Waals surface area contributed by atoms with Gasteiger partial charge in [-0.05, 0) is 41.0 Å². The molecule has 0 aliphatic heterocycles. The number of hydrogen-bond acceptors (Lipinski definition) is 2. The fourth-order valence-corrected chi connectivity index (χ4v) is 4.02. The third kappa shape index (κ3) is 6.58. The summed E-state index contributed by atoms with van der Waals surface area (Å²) >= 11 is 15.6. The molecule has 166 valence electrons. The van der Waals surface area contributed by atoms with Crippen molar-refractivity contribution < 1.29 is 9.59 Å².